The lowest BCUT2D eigenvalue weighted by molar-refractivity contribution is -0.144. The van der Waals surface area contributed by atoms with Gasteiger partial charge in [0.25, 0.3) is 0 Å². The first-order chi connectivity index (χ1) is 17.1. The number of thiazole rings is 1. The number of aromatic nitrogens is 2. The first kappa shape index (κ1) is 28.9. The third kappa shape index (κ3) is 8.16. The maximum Gasteiger partial charge on any atom is 0.408 e. The van der Waals surface area contributed by atoms with Crippen LogP contribution < -0.4 is 5.32 Å². The number of aromatic amines is 1. The van der Waals surface area contributed by atoms with Crippen molar-refractivity contribution in [1.29, 1.82) is 0 Å². The number of ether oxygens (including phenoxy) is 2. The molecule has 0 saturated carbocycles. The molecule has 0 radical (unpaired) electrons. The van der Waals surface area contributed by atoms with E-state index < -0.39 is 23.7 Å². The van der Waals surface area contributed by atoms with Gasteiger partial charge >= 0.3 is 18.0 Å². The molecule has 2 heterocycles. The Bertz CT molecular complexity index is 1310. The van der Waals surface area contributed by atoms with Gasteiger partial charge in [-0.05, 0) is 67.5 Å². The summed E-state index contributed by atoms with van der Waals surface area (Å²) < 4.78 is 11.5. The second-order valence-corrected chi connectivity index (χ2v) is 12.7. The summed E-state index contributed by atoms with van der Waals surface area (Å²) in [6.45, 7) is 11.0. The van der Waals surface area contributed by atoms with Crippen LogP contribution in [0, 0.1) is 9.12 Å². The molecule has 0 aliphatic rings. The quantitative estimate of drug-likeness (QED) is 0.206. The van der Waals surface area contributed by atoms with E-state index in [1.807, 2.05) is 17.5 Å². The molecular formula is C26H32IN3O6S. The van der Waals surface area contributed by atoms with Crippen LogP contribution in [0.15, 0.2) is 23.6 Å². The van der Waals surface area contributed by atoms with Crippen LogP contribution in [-0.2, 0) is 31.9 Å². The van der Waals surface area contributed by atoms with Crippen LogP contribution in [0.1, 0.15) is 52.1 Å². The molecule has 0 bridgehead atoms. The number of fused-ring (bicyclic) bond motifs is 1. The zero-order valence-electron chi connectivity index (χ0n) is 21.7. The topological polar surface area (TPSA) is 131 Å². The Balaban J connectivity index is 1.81. The molecule has 3 N–H and O–H groups in total. The van der Waals surface area contributed by atoms with Gasteiger partial charge in [-0.1, -0.05) is 19.9 Å². The molecule has 2 aromatic heterocycles. The first-order valence-electron chi connectivity index (χ1n) is 11.7. The average molecular weight is 642 g/mol. The molecule has 37 heavy (non-hydrogen) atoms. The number of nitrogens with zero attached hydrogens (tertiary/aromatic N) is 1. The summed E-state index contributed by atoms with van der Waals surface area (Å²) in [4.78, 5) is 43.2. The monoisotopic (exact) mass is 641 g/mol. The number of alkyl carbamates (subject to hydrolysis) is 1. The van der Waals surface area contributed by atoms with E-state index in [2.05, 4.69) is 57.8 Å². The number of halogens is 1. The predicted octanol–water partition coefficient (Wildman–Crippen LogP) is 5.55. The van der Waals surface area contributed by atoms with Crippen LogP contribution in [-0.4, -0.2) is 51.4 Å². The van der Waals surface area contributed by atoms with E-state index in [-0.39, 0.29) is 17.8 Å². The fraction of sp³-hybridized carbons (Fsp3) is 0.462. The molecule has 3 rings (SSSR count). The van der Waals surface area contributed by atoms with Crippen molar-refractivity contribution >= 4 is 62.9 Å². The highest BCUT2D eigenvalue weighted by Gasteiger charge is 2.26. The summed E-state index contributed by atoms with van der Waals surface area (Å²) in [6, 6.07) is 4.87. The van der Waals surface area contributed by atoms with Crippen molar-refractivity contribution in [1.82, 2.24) is 15.3 Å². The number of amides is 1. The van der Waals surface area contributed by atoms with Gasteiger partial charge in [-0.3, -0.25) is 4.79 Å². The van der Waals surface area contributed by atoms with Crippen LogP contribution in [0.4, 0.5) is 4.79 Å². The highest BCUT2D eigenvalue weighted by atomic mass is 127. The van der Waals surface area contributed by atoms with Crippen molar-refractivity contribution in [3.05, 3.63) is 37.9 Å². The Morgan fingerprint density at radius 1 is 1.22 bits per heavy atom. The number of carbonyl (C=O) groups is 3. The molecule has 11 heteroatoms. The van der Waals surface area contributed by atoms with Crippen LogP contribution in [0.25, 0.3) is 22.2 Å². The molecule has 1 amide bonds. The van der Waals surface area contributed by atoms with Gasteiger partial charge < -0.3 is 24.9 Å². The van der Waals surface area contributed by atoms with Gasteiger partial charge in [0.15, 0.2) is 0 Å². The van der Waals surface area contributed by atoms with Crippen LogP contribution in [0.2, 0.25) is 0 Å². The lowest BCUT2D eigenvalue weighted by Gasteiger charge is -2.24. The van der Waals surface area contributed by atoms with E-state index in [4.69, 9.17) is 9.47 Å². The average Bonchev–Trinajstić information content (AvgIpc) is 3.34. The van der Waals surface area contributed by atoms with Gasteiger partial charge in [0.1, 0.15) is 11.6 Å². The number of carboxylic acid groups (broad SMARTS) is 1. The van der Waals surface area contributed by atoms with Crippen LogP contribution in [0.3, 0.4) is 0 Å². The van der Waals surface area contributed by atoms with Crippen molar-refractivity contribution in [3.63, 3.8) is 0 Å². The highest BCUT2D eigenvalue weighted by molar-refractivity contribution is 14.1. The first-order valence-corrected chi connectivity index (χ1v) is 13.7. The van der Waals surface area contributed by atoms with Crippen molar-refractivity contribution in [3.8, 4) is 11.3 Å². The van der Waals surface area contributed by atoms with E-state index >= 15 is 0 Å². The largest absolute Gasteiger partial charge is 0.480 e. The molecule has 9 nitrogen and oxygen atoms in total. The predicted molar refractivity (Wildman–Crippen MR) is 151 cm³/mol. The molecule has 0 unspecified atom stereocenters. The second-order valence-electron chi connectivity index (χ2n) is 10.7. The van der Waals surface area contributed by atoms with E-state index in [0.717, 1.165) is 31.4 Å². The molecule has 0 aliphatic heterocycles. The third-order valence-electron chi connectivity index (χ3n) is 5.39. The van der Waals surface area contributed by atoms with Crippen LogP contribution >= 0.6 is 33.9 Å². The van der Waals surface area contributed by atoms with Crippen molar-refractivity contribution in [2.24, 2.45) is 5.41 Å². The van der Waals surface area contributed by atoms with Gasteiger partial charge in [-0.2, -0.15) is 0 Å². The van der Waals surface area contributed by atoms with Gasteiger partial charge in [-0.15, -0.1) is 11.3 Å². The third-order valence-corrected chi connectivity index (χ3v) is 7.18. The molecule has 0 aliphatic carbocycles. The van der Waals surface area contributed by atoms with Gasteiger partial charge in [0, 0.05) is 40.6 Å². The van der Waals surface area contributed by atoms with E-state index in [1.54, 1.807) is 20.8 Å². The Hall–Kier alpha value is -2.67. The number of carboxylic acids is 1. The van der Waals surface area contributed by atoms with Gasteiger partial charge in [-0.25, -0.2) is 14.6 Å². The number of hydrogen-bond donors (Lipinski definition) is 3. The molecule has 0 fully saturated rings. The number of aliphatic carboxylic acids is 1. The van der Waals surface area contributed by atoms with Crippen molar-refractivity contribution in [2.45, 2.75) is 66.0 Å². The minimum Gasteiger partial charge on any atom is -0.480 e. The maximum absolute atomic E-state index is 12.1. The zero-order valence-corrected chi connectivity index (χ0v) is 24.7. The summed E-state index contributed by atoms with van der Waals surface area (Å²) in [7, 11) is 0. The standard InChI is InChI=1S/C26H32IN3O6S/c1-14(31)35-13-26(5,6)11-17-16-9-15(7-8-18(16)29-22(17)27)20-12-37-21(28-20)10-19(23(32)33)30-24(34)36-25(2,3)4/h7-9,12,19,29H,10-11,13H2,1-6H3,(H,30,34)(H,32,33)/t19-/m0/s1. The number of H-pyrrole nitrogens is 1. The minimum atomic E-state index is -1.16. The number of nitrogens with one attached hydrogen (secondary N) is 2. The molecule has 0 saturated heterocycles. The maximum atomic E-state index is 12.1. The minimum absolute atomic E-state index is 0.0408. The van der Waals surface area contributed by atoms with E-state index in [1.165, 1.54) is 18.3 Å². The van der Waals surface area contributed by atoms with E-state index in [9.17, 15) is 19.5 Å². The number of rotatable bonds is 9. The zero-order chi connectivity index (χ0) is 27.5. The van der Waals surface area contributed by atoms with Crippen LogP contribution in [0.5, 0.6) is 0 Å². The molecular weight excluding hydrogens is 609 g/mol. The van der Waals surface area contributed by atoms with E-state index in [0.29, 0.717) is 18.0 Å². The smallest absolute Gasteiger partial charge is 0.408 e. The summed E-state index contributed by atoms with van der Waals surface area (Å²) >= 11 is 3.63. The fourth-order valence-corrected chi connectivity index (χ4v) is 5.36. The molecule has 3 aromatic rings. The summed E-state index contributed by atoms with van der Waals surface area (Å²) in [5.74, 6) is -1.46. The molecule has 1 atom stereocenters. The van der Waals surface area contributed by atoms with Gasteiger partial charge in [0.05, 0.1) is 21.0 Å². The van der Waals surface area contributed by atoms with Crippen molar-refractivity contribution < 1.29 is 29.0 Å². The SMILES string of the molecule is CC(=O)OCC(C)(C)Cc1c(I)[nH]c2ccc(-c3csc(C[C@H](NC(=O)OC(C)(C)C)C(=O)O)n3)cc12. The number of carbonyl (C=O) groups excluding carboxylic acids is 2. The Morgan fingerprint density at radius 2 is 1.92 bits per heavy atom. The Morgan fingerprint density at radius 3 is 2.54 bits per heavy atom. The summed E-state index contributed by atoms with van der Waals surface area (Å²) in [6.07, 6.45) is -0.0339. The number of hydrogen-bond acceptors (Lipinski definition) is 7. The summed E-state index contributed by atoms with van der Waals surface area (Å²) in [5.41, 5.74) is 2.77. The van der Waals surface area contributed by atoms with Crippen molar-refractivity contribution in [2.75, 3.05) is 6.61 Å². The number of esters is 1. The molecule has 1 aromatic carbocycles. The normalized spacial score (nSPS) is 12.8. The van der Waals surface area contributed by atoms with Gasteiger partial charge in [0.2, 0.25) is 0 Å². The Labute approximate surface area is 233 Å². The Kier molecular flexibility index (Phi) is 8.89. The summed E-state index contributed by atoms with van der Waals surface area (Å²) in [5, 5.41) is 15.5. The lowest BCUT2D eigenvalue weighted by Crippen LogP contribution is -2.44. The molecule has 200 valence electrons. The lowest BCUT2D eigenvalue weighted by atomic mass is 9.86. The fourth-order valence-electron chi connectivity index (χ4n) is 3.74. The highest BCUT2D eigenvalue weighted by Crippen LogP contribution is 2.34. The second kappa shape index (κ2) is 11.4. The number of benzene rings is 1. The molecule has 0 spiro atoms.